The number of thiazole rings is 1. The lowest BCUT2D eigenvalue weighted by atomic mass is 9.97. The molecule has 2 aromatic heterocycles. The van der Waals surface area contributed by atoms with Crippen LogP contribution in [0.2, 0.25) is 0 Å². The summed E-state index contributed by atoms with van der Waals surface area (Å²) >= 11 is 1.54. The molecule has 3 heterocycles. The number of pyridine rings is 1. The lowest BCUT2D eigenvalue weighted by Crippen LogP contribution is -2.42. The van der Waals surface area contributed by atoms with E-state index in [0.717, 1.165) is 38.7 Å². The smallest absolute Gasteiger partial charge is 0.319 e. The van der Waals surface area contributed by atoms with E-state index in [0.29, 0.717) is 18.2 Å². The largest absolute Gasteiger partial charge is 0.439 e. The molecule has 0 aliphatic carbocycles. The Morgan fingerprint density at radius 2 is 1.89 bits per heavy atom. The molecule has 1 aliphatic heterocycles. The Balaban J connectivity index is 1.42. The summed E-state index contributed by atoms with van der Waals surface area (Å²) in [4.78, 5) is 25.6. The summed E-state index contributed by atoms with van der Waals surface area (Å²) in [5, 5.41) is 8.75. The molecule has 2 amide bonds. The van der Waals surface area contributed by atoms with Gasteiger partial charge >= 0.3 is 6.03 Å². The van der Waals surface area contributed by atoms with Crippen LogP contribution in [0.1, 0.15) is 29.1 Å². The molecule has 0 saturated heterocycles. The topological polar surface area (TPSA) is 88.5 Å². The predicted octanol–water partition coefficient (Wildman–Crippen LogP) is 5.98. The third-order valence-electron chi connectivity index (χ3n) is 5.61. The van der Waals surface area contributed by atoms with Gasteiger partial charge in [0.25, 0.3) is 0 Å². The maximum absolute atomic E-state index is 12.3. The average Bonchev–Trinajstić information content (AvgIpc) is 3.35. The normalized spacial score (nSPS) is 15.3. The molecule has 1 aliphatic rings. The third-order valence-corrected chi connectivity index (χ3v) is 6.48. The van der Waals surface area contributed by atoms with Crippen LogP contribution in [0.3, 0.4) is 0 Å². The Morgan fingerprint density at radius 1 is 1.09 bits per heavy atom. The molecule has 35 heavy (non-hydrogen) atoms. The van der Waals surface area contributed by atoms with Crippen LogP contribution >= 0.6 is 11.3 Å². The van der Waals surface area contributed by atoms with Crippen molar-refractivity contribution in [1.82, 2.24) is 20.6 Å². The van der Waals surface area contributed by atoms with Gasteiger partial charge in [-0.2, -0.15) is 0 Å². The van der Waals surface area contributed by atoms with Crippen molar-refractivity contribution in [1.29, 1.82) is 0 Å². The van der Waals surface area contributed by atoms with Crippen molar-refractivity contribution in [2.24, 2.45) is 4.99 Å². The number of hydrogen-bond acceptors (Lipinski definition) is 6. The van der Waals surface area contributed by atoms with Gasteiger partial charge in [0.2, 0.25) is 5.88 Å². The Bertz CT molecular complexity index is 1380. The van der Waals surface area contributed by atoms with E-state index in [1.165, 1.54) is 11.3 Å². The molecule has 0 saturated carbocycles. The first-order valence-corrected chi connectivity index (χ1v) is 11.9. The van der Waals surface area contributed by atoms with Gasteiger partial charge in [-0.05, 0) is 43.0 Å². The first kappa shape index (κ1) is 22.5. The number of carbonyl (C=O) groups excluding carboxylic acids is 1. The molecule has 0 bridgehead atoms. The van der Waals surface area contributed by atoms with E-state index in [9.17, 15) is 4.79 Å². The van der Waals surface area contributed by atoms with E-state index >= 15 is 0 Å². The molecule has 174 valence electrons. The lowest BCUT2D eigenvalue weighted by Gasteiger charge is -2.28. The van der Waals surface area contributed by atoms with Gasteiger partial charge in [-0.1, -0.05) is 42.5 Å². The zero-order valence-corrected chi connectivity index (χ0v) is 19.9. The van der Waals surface area contributed by atoms with Crippen LogP contribution in [0.25, 0.3) is 16.8 Å². The zero-order valence-electron chi connectivity index (χ0n) is 19.1. The van der Waals surface area contributed by atoms with E-state index in [-0.39, 0.29) is 12.1 Å². The minimum absolute atomic E-state index is 0.260. The van der Waals surface area contributed by atoms with Gasteiger partial charge in [0.1, 0.15) is 10.8 Å². The number of rotatable bonds is 7. The van der Waals surface area contributed by atoms with E-state index < -0.39 is 0 Å². The average molecular weight is 482 g/mol. The SMILES string of the molecule is C=NCc1ccc(-c2csc(C3=C(C)NC(=O)NC3c3ccc(Oc4ccccc4)nc3)n2)cc1. The first-order valence-electron chi connectivity index (χ1n) is 11.1. The maximum Gasteiger partial charge on any atom is 0.319 e. The van der Waals surface area contributed by atoms with Gasteiger partial charge in [0.15, 0.2) is 0 Å². The number of urea groups is 1. The molecule has 2 aromatic carbocycles. The van der Waals surface area contributed by atoms with Crippen LogP contribution in [0, 0.1) is 0 Å². The Labute approximate surface area is 207 Å². The van der Waals surface area contributed by atoms with Crippen molar-refractivity contribution in [3.8, 4) is 22.9 Å². The van der Waals surface area contributed by atoms with Gasteiger partial charge in [-0.25, -0.2) is 14.8 Å². The highest BCUT2D eigenvalue weighted by Gasteiger charge is 2.30. The predicted molar refractivity (Wildman–Crippen MR) is 139 cm³/mol. The monoisotopic (exact) mass is 481 g/mol. The Hall–Kier alpha value is -4.30. The highest BCUT2D eigenvalue weighted by atomic mass is 32.1. The lowest BCUT2D eigenvalue weighted by molar-refractivity contribution is 0.240. The number of benzene rings is 2. The van der Waals surface area contributed by atoms with E-state index in [2.05, 4.69) is 27.3 Å². The summed E-state index contributed by atoms with van der Waals surface area (Å²) in [6, 6.07) is 20.7. The molecule has 7 nitrogen and oxygen atoms in total. The summed E-state index contributed by atoms with van der Waals surface area (Å²) in [7, 11) is 0. The zero-order chi connectivity index (χ0) is 24.2. The van der Waals surface area contributed by atoms with Crippen LogP contribution in [-0.2, 0) is 6.54 Å². The number of hydrogen-bond donors (Lipinski definition) is 2. The van der Waals surface area contributed by atoms with Crippen molar-refractivity contribution in [3.63, 3.8) is 0 Å². The van der Waals surface area contributed by atoms with Crippen molar-refractivity contribution in [3.05, 3.63) is 100 Å². The van der Waals surface area contributed by atoms with Crippen LogP contribution in [0.5, 0.6) is 11.6 Å². The van der Waals surface area contributed by atoms with Crippen LogP contribution < -0.4 is 15.4 Å². The van der Waals surface area contributed by atoms with Crippen LogP contribution in [-0.4, -0.2) is 22.7 Å². The summed E-state index contributed by atoms with van der Waals surface area (Å²) in [6.07, 6.45) is 1.72. The number of amides is 2. The number of aromatic nitrogens is 2. The van der Waals surface area contributed by atoms with Gasteiger partial charge in [-0.15, -0.1) is 11.3 Å². The summed E-state index contributed by atoms with van der Waals surface area (Å²) < 4.78 is 5.81. The van der Waals surface area contributed by atoms with Crippen molar-refractivity contribution in [2.45, 2.75) is 19.5 Å². The minimum Gasteiger partial charge on any atom is -0.439 e. The van der Waals surface area contributed by atoms with Gasteiger partial charge < -0.3 is 15.4 Å². The second-order valence-electron chi connectivity index (χ2n) is 8.03. The van der Waals surface area contributed by atoms with Gasteiger partial charge in [0, 0.05) is 34.5 Å². The van der Waals surface area contributed by atoms with E-state index in [4.69, 9.17) is 9.72 Å². The fourth-order valence-corrected chi connectivity index (χ4v) is 4.86. The summed E-state index contributed by atoms with van der Waals surface area (Å²) in [5.41, 5.74) is 5.51. The maximum atomic E-state index is 12.3. The number of carbonyl (C=O) groups is 1. The highest BCUT2D eigenvalue weighted by Crippen LogP contribution is 2.37. The minimum atomic E-state index is -0.387. The summed E-state index contributed by atoms with van der Waals surface area (Å²) in [5.74, 6) is 1.19. The Kier molecular flexibility index (Phi) is 6.36. The highest BCUT2D eigenvalue weighted by molar-refractivity contribution is 7.11. The van der Waals surface area contributed by atoms with Crippen molar-refractivity contribution < 1.29 is 9.53 Å². The molecule has 0 spiro atoms. The number of ether oxygens (including phenoxy) is 1. The Morgan fingerprint density at radius 3 is 2.60 bits per heavy atom. The number of nitrogens with one attached hydrogen (secondary N) is 2. The van der Waals surface area contributed by atoms with E-state index in [1.807, 2.05) is 73.0 Å². The standard InChI is InChI=1S/C27H23N5O2S/c1-17-24(26-31-22(16-35-26)19-10-8-18(9-11-19)14-28-2)25(32-27(33)30-17)20-12-13-23(29-15-20)34-21-6-4-3-5-7-21/h3-13,15-16,25H,2,14H2,1H3,(H2,30,32,33). The van der Waals surface area contributed by atoms with Crippen LogP contribution in [0.4, 0.5) is 4.79 Å². The second kappa shape index (κ2) is 9.90. The number of aliphatic imine (C=N–C) groups is 1. The number of allylic oxidation sites excluding steroid dienone is 1. The molecule has 0 radical (unpaired) electrons. The van der Waals surface area contributed by atoms with Crippen molar-refractivity contribution in [2.75, 3.05) is 0 Å². The van der Waals surface area contributed by atoms with Crippen LogP contribution in [0.15, 0.2) is 89.0 Å². The number of para-hydroxylation sites is 1. The molecule has 4 aromatic rings. The molecule has 1 atom stereocenters. The molecule has 0 fully saturated rings. The molecule has 1 unspecified atom stereocenters. The summed E-state index contributed by atoms with van der Waals surface area (Å²) in [6.45, 7) is 6.02. The molecular formula is C27H23N5O2S. The molecule has 8 heteroatoms. The molecule has 5 rings (SSSR count). The molecular weight excluding hydrogens is 458 g/mol. The quantitative estimate of drug-likeness (QED) is 0.318. The van der Waals surface area contributed by atoms with Gasteiger partial charge in [-0.3, -0.25) is 4.99 Å². The van der Waals surface area contributed by atoms with Crippen molar-refractivity contribution >= 4 is 29.7 Å². The van der Waals surface area contributed by atoms with Gasteiger partial charge in [0.05, 0.1) is 18.3 Å². The fraction of sp³-hybridized carbons (Fsp3) is 0.111. The third kappa shape index (κ3) is 4.97. The first-order chi connectivity index (χ1) is 17.1. The molecule has 2 N–H and O–H groups in total. The second-order valence-corrected chi connectivity index (χ2v) is 8.89. The fourth-order valence-electron chi connectivity index (χ4n) is 3.90. The van der Waals surface area contributed by atoms with E-state index in [1.54, 1.807) is 12.3 Å². The number of nitrogens with zero attached hydrogens (tertiary/aromatic N) is 3.